The third-order valence-electron chi connectivity index (χ3n) is 3.18. The zero-order chi connectivity index (χ0) is 15.4. The van der Waals surface area contributed by atoms with E-state index >= 15 is 0 Å². The van der Waals surface area contributed by atoms with Gasteiger partial charge in [0, 0.05) is 28.7 Å². The highest BCUT2D eigenvalue weighted by Gasteiger charge is 2.12. The molecule has 2 N–H and O–H groups in total. The lowest BCUT2D eigenvalue weighted by molar-refractivity contribution is 0.313. The van der Waals surface area contributed by atoms with Crippen molar-refractivity contribution in [2.75, 3.05) is 7.05 Å². The first-order valence-corrected chi connectivity index (χ1v) is 7.68. The van der Waals surface area contributed by atoms with Crippen LogP contribution in [0.25, 0.3) is 0 Å². The molecule has 0 aromatic heterocycles. The van der Waals surface area contributed by atoms with Crippen LogP contribution in [0, 0.1) is 5.82 Å². The predicted molar refractivity (Wildman–Crippen MR) is 91.6 cm³/mol. The minimum Gasteiger partial charge on any atom is -0.389 e. The summed E-state index contributed by atoms with van der Waals surface area (Å²) in [5, 5.41) is 0. The molecule has 2 rings (SSSR count). The molecule has 0 spiro atoms. The number of nitrogens with zero attached hydrogens (tertiary/aromatic N) is 1. The molecule has 0 aliphatic carbocycles. The molecular formula is C16H16BrFN2S. The van der Waals surface area contributed by atoms with E-state index in [1.54, 1.807) is 18.2 Å². The minimum atomic E-state index is -0.330. The van der Waals surface area contributed by atoms with Crippen LogP contribution in [0.4, 0.5) is 4.39 Å². The van der Waals surface area contributed by atoms with Crippen LogP contribution in [-0.4, -0.2) is 16.9 Å². The van der Waals surface area contributed by atoms with E-state index in [1.165, 1.54) is 0 Å². The topological polar surface area (TPSA) is 29.3 Å². The Bertz CT molecular complexity index is 660. The summed E-state index contributed by atoms with van der Waals surface area (Å²) in [5.74, 6) is -0.330. The van der Waals surface area contributed by atoms with Crippen LogP contribution in [0.15, 0.2) is 46.9 Å². The van der Waals surface area contributed by atoms with Crippen LogP contribution < -0.4 is 5.73 Å². The molecule has 21 heavy (non-hydrogen) atoms. The summed E-state index contributed by atoms with van der Waals surface area (Å²) in [4.78, 5) is 2.13. The van der Waals surface area contributed by atoms with Gasteiger partial charge in [-0.15, -0.1) is 0 Å². The lowest BCUT2D eigenvalue weighted by Crippen LogP contribution is -2.20. The van der Waals surface area contributed by atoms with Crippen molar-refractivity contribution in [3.05, 3.63) is 69.4 Å². The normalized spacial score (nSPS) is 10.9. The SMILES string of the molecule is CN(Cc1ccccc1Br)Cc1cccc(C(N)=S)c1F. The minimum absolute atomic E-state index is 0.0859. The third kappa shape index (κ3) is 4.09. The van der Waals surface area contributed by atoms with Gasteiger partial charge in [0.1, 0.15) is 10.8 Å². The van der Waals surface area contributed by atoms with E-state index in [1.807, 2.05) is 36.2 Å². The number of benzene rings is 2. The fourth-order valence-electron chi connectivity index (χ4n) is 2.16. The molecule has 0 fully saturated rings. The van der Waals surface area contributed by atoms with Gasteiger partial charge in [-0.05, 0) is 24.7 Å². The van der Waals surface area contributed by atoms with Crippen molar-refractivity contribution < 1.29 is 4.39 Å². The Morgan fingerprint density at radius 2 is 1.76 bits per heavy atom. The van der Waals surface area contributed by atoms with E-state index in [0.717, 1.165) is 16.6 Å². The Morgan fingerprint density at radius 1 is 1.14 bits per heavy atom. The van der Waals surface area contributed by atoms with Gasteiger partial charge in [0.2, 0.25) is 0 Å². The van der Waals surface area contributed by atoms with Gasteiger partial charge in [-0.3, -0.25) is 4.90 Å². The average Bonchev–Trinajstić information content (AvgIpc) is 2.43. The molecule has 0 radical (unpaired) electrons. The monoisotopic (exact) mass is 366 g/mol. The van der Waals surface area contributed by atoms with Crippen LogP contribution in [0.1, 0.15) is 16.7 Å². The van der Waals surface area contributed by atoms with Crippen molar-refractivity contribution in [1.29, 1.82) is 0 Å². The van der Waals surface area contributed by atoms with Crippen LogP contribution >= 0.6 is 28.1 Å². The van der Waals surface area contributed by atoms with Gasteiger partial charge in [-0.2, -0.15) is 0 Å². The van der Waals surface area contributed by atoms with Crippen LogP contribution in [0.2, 0.25) is 0 Å². The second-order valence-corrected chi connectivity index (χ2v) is 6.20. The van der Waals surface area contributed by atoms with Crippen molar-refractivity contribution >= 4 is 33.1 Å². The predicted octanol–water partition coefficient (Wildman–Crippen LogP) is 3.85. The van der Waals surface area contributed by atoms with Gasteiger partial charge in [-0.25, -0.2) is 4.39 Å². The third-order valence-corrected chi connectivity index (χ3v) is 4.18. The number of hydrogen-bond donors (Lipinski definition) is 1. The molecule has 0 atom stereocenters. The van der Waals surface area contributed by atoms with E-state index in [2.05, 4.69) is 15.9 Å². The summed E-state index contributed by atoms with van der Waals surface area (Å²) in [6.45, 7) is 1.21. The number of halogens is 2. The first-order valence-electron chi connectivity index (χ1n) is 6.48. The maximum atomic E-state index is 14.3. The highest BCUT2D eigenvalue weighted by atomic mass is 79.9. The Kier molecular flexibility index (Phi) is 5.45. The van der Waals surface area contributed by atoms with Crippen molar-refractivity contribution in [1.82, 2.24) is 4.90 Å². The summed E-state index contributed by atoms with van der Waals surface area (Å²) >= 11 is 8.38. The van der Waals surface area contributed by atoms with Crippen LogP contribution in [0.5, 0.6) is 0 Å². The largest absolute Gasteiger partial charge is 0.389 e. The van der Waals surface area contributed by atoms with Crippen molar-refractivity contribution in [2.45, 2.75) is 13.1 Å². The molecule has 0 saturated carbocycles. The highest BCUT2D eigenvalue weighted by Crippen LogP contribution is 2.19. The molecule has 0 aliphatic heterocycles. The highest BCUT2D eigenvalue weighted by molar-refractivity contribution is 9.10. The van der Waals surface area contributed by atoms with Crippen LogP contribution in [-0.2, 0) is 13.1 Å². The molecule has 0 bridgehead atoms. The molecule has 2 nitrogen and oxygen atoms in total. The first kappa shape index (κ1) is 16.1. The maximum absolute atomic E-state index is 14.3. The van der Waals surface area contributed by atoms with E-state index in [9.17, 15) is 4.39 Å². The molecule has 0 aliphatic rings. The quantitative estimate of drug-likeness (QED) is 0.814. The summed E-state index contributed by atoms with van der Waals surface area (Å²) in [6.07, 6.45) is 0. The van der Waals surface area contributed by atoms with Gasteiger partial charge in [0.25, 0.3) is 0 Å². The Balaban J connectivity index is 2.13. The summed E-state index contributed by atoms with van der Waals surface area (Å²) < 4.78 is 15.3. The lowest BCUT2D eigenvalue weighted by Gasteiger charge is -2.18. The number of nitrogens with two attached hydrogens (primary N) is 1. The standard InChI is InChI=1S/C16H16BrFN2S/c1-20(9-11-5-2-3-8-14(11)17)10-12-6-4-7-13(15(12)18)16(19)21/h2-8H,9-10H2,1H3,(H2,19,21). The second-order valence-electron chi connectivity index (χ2n) is 4.91. The second kappa shape index (κ2) is 7.11. The fraction of sp³-hybridized carbons (Fsp3) is 0.188. The molecular weight excluding hydrogens is 351 g/mol. The number of thiocarbonyl (C=S) groups is 1. The Hall–Kier alpha value is -1.30. The Morgan fingerprint density at radius 3 is 2.43 bits per heavy atom. The summed E-state index contributed by atoms with van der Waals surface area (Å²) in [5.41, 5.74) is 7.58. The number of hydrogen-bond acceptors (Lipinski definition) is 2. The molecule has 0 saturated heterocycles. The van der Waals surface area contributed by atoms with E-state index in [0.29, 0.717) is 17.7 Å². The number of rotatable bonds is 5. The smallest absolute Gasteiger partial charge is 0.137 e. The molecule has 2 aromatic carbocycles. The molecule has 5 heteroatoms. The van der Waals surface area contributed by atoms with E-state index in [4.69, 9.17) is 18.0 Å². The van der Waals surface area contributed by atoms with E-state index < -0.39 is 0 Å². The van der Waals surface area contributed by atoms with Gasteiger partial charge < -0.3 is 5.73 Å². The molecule has 110 valence electrons. The molecule has 0 amide bonds. The molecule has 0 unspecified atom stereocenters. The van der Waals surface area contributed by atoms with Crippen LogP contribution in [0.3, 0.4) is 0 Å². The summed E-state index contributed by atoms with van der Waals surface area (Å²) in [7, 11) is 1.95. The van der Waals surface area contributed by atoms with E-state index in [-0.39, 0.29) is 10.8 Å². The molecule has 2 aromatic rings. The maximum Gasteiger partial charge on any atom is 0.137 e. The van der Waals surface area contributed by atoms with Crippen molar-refractivity contribution in [3.8, 4) is 0 Å². The Labute approximate surface area is 137 Å². The van der Waals surface area contributed by atoms with Gasteiger partial charge in [0.15, 0.2) is 0 Å². The lowest BCUT2D eigenvalue weighted by atomic mass is 10.1. The fourth-order valence-corrected chi connectivity index (χ4v) is 2.72. The van der Waals surface area contributed by atoms with Crippen molar-refractivity contribution in [3.63, 3.8) is 0 Å². The molecule has 0 heterocycles. The average molecular weight is 367 g/mol. The van der Waals surface area contributed by atoms with Crippen molar-refractivity contribution in [2.24, 2.45) is 5.73 Å². The van der Waals surface area contributed by atoms with Gasteiger partial charge in [0.05, 0.1) is 0 Å². The zero-order valence-corrected chi connectivity index (χ0v) is 14.0. The first-order chi connectivity index (χ1) is 9.99. The summed E-state index contributed by atoms with van der Waals surface area (Å²) in [6, 6.07) is 13.1. The van der Waals surface area contributed by atoms with Gasteiger partial charge in [-0.1, -0.05) is 58.5 Å². The zero-order valence-electron chi connectivity index (χ0n) is 11.6. The van der Waals surface area contributed by atoms with Gasteiger partial charge >= 0.3 is 0 Å².